The van der Waals surface area contributed by atoms with Crippen LogP contribution in [0.25, 0.3) is 0 Å². The predicted molar refractivity (Wildman–Crippen MR) is 63.8 cm³/mol. The monoisotopic (exact) mass is 275 g/mol. The predicted octanol–water partition coefficient (Wildman–Crippen LogP) is 2.18. The summed E-state index contributed by atoms with van der Waals surface area (Å²) in [5, 5.41) is 11.8. The van der Waals surface area contributed by atoms with Crippen LogP contribution in [-0.4, -0.2) is 28.9 Å². The van der Waals surface area contributed by atoms with Gasteiger partial charge >= 0.3 is 5.97 Å². The van der Waals surface area contributed by atoms with Crippen LogP contribution in [0, 0.1) is 11.8 Å². The second-order valence-corrected chi connectivity index (χ2v) is 5.62. The van der Waals surface area contributed by atoms with Crippen molar-refractivity contribution in [1.82, 2.24) is 5.32 Å². The van der Waals surface area contributed by atoms with E-state index >= 15 is 0 Å². The van der Waals surface area contributed by atoms with Crippen LogP contribution in [-0.2, 0) is 9.59 Å². The van der Waals surface area contributed by atoms with E-state index in [1.807, 2.05) is 0 Å². The summed E-state index contributed by atoms with van der Waals surface area (Å²) in [4.78, 5) is 23.0. The van der Waals surface area contributed by atoms with Crippen molar-refractivity contribution < 1.29 is 23.5 Å². The third-order valence-corrected chi connectivity index (χ3v) is 4.25. The van der Waals surface area contributed by atoms with E-state index in [-0.39, 0.29) is 37.6 Å². The van der Waals surface area contributed by atoms with Crippen molar-refractivity contribution in [3.63, 3.8) is 0 Å². The van der Waals surface area contributed by atoms with Crippen LogP contribution in [0.4, 0.5) is 8.78 Å². The fraction of sp³-hybridized carbons (Fsp3) is 0.846. The number of carboxylic acid groups (broad SMARTS) is 1. The minimum Gasteiger partial charge on any atom is -0.481 e. The Morgan fingerprint density at radius 2 is 1.74 bits per heavy atom. The quantitative estimate of drug-likeness (QED) is 0.829. The molecule has 108 valence electrons. The summed E-state index contributed by atoms with van der Waals surface area (Å²) in [7, 11) is 0. The van der Waals surface area contributed by atoms with Gasteiger partial charge in [0.25, 0.3) is 0 Å². The van der Waals surface area contributed by atoms with Gasteiger partial charge in [-0.15, -0.1) is 0 Å². The first-order chi connectivity index (χ1) is 8.89. The number of amides is 1. The van der Waals surface area contributed by atoms with Gasteiger partial charge in [-0.25, -0.2) is 8.78 Å². The summed E-state index contributed by atoms with van der Waals surface area (Å²) >= 11 is 0. The maximum absolute atomic E-state index is 13.0. The lowest BCUT2D eigenvalue weighted by Crippen LogP contribution is -2.44. The lowest BCUT2D eigenvalue weighted by atomic mass is 9.86. The highest BCUT2D eigenvalue weighted by atomic mass is 19.3. The number of hydrogen-bond acceptors (Lipinski definition) is 2. The van der Waals surface area contributed by atoms with Crippen LogP contribution in [0.2, 0.25) is 0 Å². The number of alkyl halides is 2. The molecular formula is C13H19F2NO3. The number of carboxylic acids is 1. The largest absolute Gasteiger partial charge is 0.481 e. The molecule has 2 saturated carbocycles. The van der Waals surface area contributed by atoms with Crippen molar-refractivity contribution in [2.75, 3.05) is 0 Å². The summed E-state index contributed by atoms with van der Waals surface area (Å²) in [6, 6.07) is -0.340. The molecule has 0 saturated heterocycles. The number of carbonyl (C=O) groups excluding carboxylic acids is 1. The van der Waals surface area contributed by atoms with Crippen molar-refractivity contribution in [3.05, 3.63) is 0 Å². The lowest BCUT2D eigenvalue weighted by molar-refractivity contribution is -0.142. The second-order valence-electron chi connectivity index (χ2n) is 5.62. The molecule has 2 fully saturated rings. The molecular weight excluding hydrogens is 256 g/mol. The van der Waals surface area contributed by atoms with Crippen LogP contribution < -0.4 is 5.32 Å². The summed E-state index contributed by atoms with van der Waals surface area (Å²) in [6.07, 6.45) is 1.88. The van der Waals surface area contributed by atoms with Gasteiger partial charge in [-0.2, -0.15) is 0 Å². The van der Waals surface area contributed by atoms with Crippen molar-refractivity contribution in [1.29, 1.82) is 0 Å². The lowest BCUT2D eigenvalue weighted by Gasteiger charge is -2.29. The summed E-state index contributed by atoms with van der Waals surface area (Å²) in [5.74, 6) is -4.72. The molecule has 0 radical (unpaired) electrons. The molecule has 0 aromatic heterocycles. The zero-order valence-electron chi connectivity index (χ0n) is 10.7. The molecule has 2 N–H and O–H groups in total. The molecule has 0 unspecified atom stereocenters. The fourth-order valence-corrected chi connectivity index (χ4v) is 3.03. The maximum Gasteiger partial charge on any atom is 0.308 e. The first kappa shape index (κ1) is 14.2. The number of rotatable bonds is 3. The average Bonchev–Trinajstić information content (AvgIpc) is 2.77. The van der Waals surface area contributed by atoms with E-state index < -0.39 is 23.7 Å². The van der Waals surface area contributed by atoms with Crippen molar-refractivity contribution in [2.45, 2.75) is 56.9 Å². The van der Waals surface area contributed by atoms with Crippen molar-refractivity contribution >= 4 is 11.9 Å². The maximum atomic E-state index is 13.0. The van der Waals surface area contributed by atoms with Crippen molar-refractivity contribution in [3.8, 4) is 0 Å². The molecule has 2 rings (SSSR count). The van der Waals surface area contributed by atoms with Gasteiger partial charge in [-0.1, -0.05) is 6.42 Å². The van der Waals surface area contributed by atoms with E-state index in [1.54, 1.807) is 0 Å². The molecule has 1 amide bonds. The van der Waals surface area contributed by atoms with Crippen molar-refractivity contribution in [2.24, 2.45) is 11.8 Å². The van der Waals surface area contributed by atoms with E-state index in [4.69, 9.17) is 5.11 Å². The minimum atomic E-state index is -2.65. The zero-order valence-corrected chi connectivity index (χ0v) is 10.7. The van der Waals surface area contributed by atoms with Gasteiger partial charge in [-0.3, -0.25) is 9.59 Å². The Kier molecular flexibility index (Phi) is 4.06. The average molecular weight is 275 g/mol. The highest BCUT2D eigenvalue weighted by molar-refractivity contribution is 5.80. The Balaban J connectivity index is 1.86. The molecule has 0 heterocycles. The Labute approximate surface area is 110 Å². The first-order valence-electron chi connectivity index (χ1n) is 6.80. The molecule has 2 atom stereocenters. The number of hydrogen-bond donors (Lipinski definition) is 2. The molecule has 0 aromatic rings. The van der Waals surface area contributed by atoms with E-state index in [1.165, 1.54) is 0 Å². The summed E-state index contributed by atoms with van der Waals surface area (Å²) in [5.41, 5.74) is 0. The summed E-state index contributed by atoms with van der Waals surface area (Å²) in [6.45, 7) is 0. The highest BCUT2D eigenvalue weighted by Crippen LogP contribution is 2.36. The number of halogens is 2. The van der Waals surface area contributed by atoms with Crippen LogP contribution in [0.15, 0.2) is 0 Å². The number of nitrogens with one attached hydrogen (secondary N) is 1. The smallest absolute Gasteiger partial charge is 0.308 e. The van der Waals surface area contributed by atoms with Gasteiger partial charge in [0, 0.05) is 24.8 Å². The Morgan fingerprint density at radius 1 is 1.11 bits per heavy atom. The number of carbonyl (C=O) groups is 2. The third-order valence-electron chi connectivity index (χ3n) is 4.25. The normalized spacial score (nSPS) is 31.1. The van der Waals surface area contributed by atoms with Crippen LogP contribution >= 0.6 is 0 Å². The molecule has 0 aromatic carbocycles. The van der Waals surface area contributed by atoms with Crippen LogP contribution in [0.3, 0.4) is 0 Å². The molecule has 19 heavy (non-hydrogen) atoms. The second kappa shape index (κ2) is 5.43. The SMILES string of the molecule is O=C(N[C@H]1CCC[C@H]1C(=O)O)C1CCC(F)(F)CC1. The van der Waals surface area contributed by atoms with E-state index in [0.29, 0.717) is 12.8 Å². The van der Waals surface area contributed by atoms with Gasteiger partial charge in [0.15, 0.2) is 0 Å². The van der Waals surface area contributed by atoms with Crippen LogP contribution in [0.1, 0.15) is 44.9 Å². The topological polar surface area (TPSA) is 66.4 Å². The van der Waals surface area contributed by atoms with Gasteiger partial charge < -0.3 is 10.4 Å². The zero-order chi connectivity index (χ0) is 14.0. The van der Waals surface area contributed by atoms with Gasteiger partial charge in [0.2, 0.25) is 11.8 Å². The van der Waals surface area contributed by atoms with Gasteiger partial charge in [0.05, 0.1) is 5.92 Å². The van der Waals surface area contributed by atoms with Crippen LogP contribution in [0.5, 0.6) is 0 Å². The standard InChI is InChI=1S/C13H19F2NO3/c14-13(15)6-4-8(5-7-13)11(17)16-10-3-1-2-9(10)12(18)19/h8-10H,1-7H2,(H,16,17)(H,18,19)/t9-,10+/m1/s1. The molecule has 2 aliphatic rings. The molecule has 6 heteroatoms. The minimum absolute atomic E-state index is 0.184. The van der Waals surface area contributed by atoms with Gasteiger partial charge in [-0.05, 0) is 25.7 Å². The molecule has 2 aliphatic carbocycles. The molecule has 0 bridgehead atoms. The Hall–Kier alpha value is -1.20. The van der Waals surface area contributed by atoms with E-state index in [2.05, 4.69) is 5.32 Å². The number of aliphatic carboxylic acids is 1. The summed E-state index contributed by atoms with van der Waals surface area (Å²) < 4.78 is 26.0. The van der Waals surface area contributed by atoms with E-state index in [9.17, 15) is 18.4 Å². The molecule has 4 nitrogen and oxygen atoms in total. The van der Waals surface area contributed by atoms with E-state index in [0.717, 1.165) is 6.42 Å². The fourth-order valence-electron chi connectivity index (χ4n) is 3.03. The Morgan fingerprint density at radius 3 is 2.32 bits per heavy atom. The van der Waals surface area contributed by atoms with Gasteiger partial charge in [0.1, 0.15) is 0 Å². The Bertz CT molecular complexity index is 363. The highest BCUT2D eigenvalue weighted by Gasteiger charge is 2.39. The molecule has 0 spiro atoms. The first-order valence-corrected chi connectivity index (χ1v) is 6.80. The molecule has 0 aliphatic heterocycles. The third kappa shape index (κ3) is 3.42.